The molecule has 0 saturated heterocycles. The molecule has 17 heavy (non-hydrogen) atoms. The van der Waals surface area contributed by atoms with E-state index in [1.807, 2.05) is 6.07 Å². The summed E-state index contributed by atoms with van der Waals surface area (Å²) in [5.41, 5.74) is 10.5. The van der Waals surface area contributed by atoms with Gasteiger partial charge in [0, 0.05) is 0 Å². The number of rotatable bonds is 4. The SMILES string of the molecule is CC(NC(=O)C(C)(N)c1ccccc1)C(N)=O. The van der Waals surface area contributed by atoms with Crippen molar-refractivity contribution in [2.45, 2.75) is 25.4 Å². The summed E-state index contributed by atoms with van der Waals surface area (Å²) in [6.45, 7) is 3.10. The number of hydrogen-bond acceptors (Lipinski definition) is 3. The normalized spacial score (nSPS) is 15.7. The van der Waals surface area contributed by atoms with Crippen LogP contribution in [-0.4, -0.2) is 17.9 Å². The van der Waals surface area contributed by atoms with Gasteiger partial charge < -0.3 is 16.8 Å². The highest BCUT2D eigenvalue weighted by Gasteiger charge is 2.31. The van der Waals surface area contributed by atoms with E-state index < -0.39 is 23.4 Å². The third-order valence-electron chi connectivity index (χ3n) is 2.62. The van der Waals surface area contributed by atoms with Crippen LogP contribution in [-0.2, 0) is 15.1 Å². The highest BCUT2D eigenvalue weighted by molar-refractivity contribution is 5.91. The van der Waals surface area contributed by atoms with Gasteiger partial charge in [-0.3, -0.25) is 9.59 Å². The van der Waals surface area contributed by atoms with Crippen molar-refractivity contribution in [3.05, 3.63) is 35.9 Å². The van der Waals surface area contributed by atoms with E-state index in [0.717, 1.165) is 0 Å². The minimum Gasteiger partial charge on any atom is -0.368 e. The van der Waals surface area contributed by atoms with E-state index in [2.05, 4.69) is 5.32 Å². The van der Waals surface area contributed by atoms with Crippen molar-refractivity contribution >= 4 is 11.8 Å². The zero-order valence-corrected chi connectivity index (χ0v) is 9.94. The first-order valence-corrected chi connectivity index (χ1v) is 5.30. The largest absolute Gasteiger partial charge is 0.368 e. The standard InChI is InChI=1S/C12H17N3O2/c1-8(10(13)16)15-11(17)12(2,14)9-6-4-3-5-7-9/h3-8H,14H2,1-2H3,(H2,13,16)(H,15,17). The molecule has 5 heteroatoms. The Bertz CT molecular complexity index is 415. The molecule has 0 saturated carbocycles. The molecule has 2 atom stereocenters. The third-order valence-corrected chi connectivity index (χ3v) is 2.62. The number of carbonyl (C=O) groups is 2. The lowest BCUT2D eigenvalue weighted by Gasteiger charge is -2.25. The van der Waals surface area contributed by atoms with Crippen LogP contribution in [0.2, 0.25) is 0 Å². The van der Waals surface area contributed by atoms with Crippen LogP contribution in [0.1, 0.15) is 19.4 Å². The van der Waals surface area contributed by atoms with Gasteiger partial charge in [0.2, 0.25) is 11.8 Å². The van der Waals surface area contributed by atoms with E-state index in [1.165, 1.54) is 6.92 Å². The van der Waals surface area contributed by atoms with Crippen LogP contribution in [0, 0.1) is 0 Å². The molecule has 0 aliphatic heterocycles. The molecule has 5 N–H and O–H groups in total. The molecule has 0 aliphatic rings. The number of carbonyl (C=O) groups excluding carboxylic acids is 2. The predicted octanol–water partition coefficient (Wildman–Crippen LogP) is -0.149. The third kappa shape index (κ3) is 3.04. The number of benzene rings is 1. The molecule has 0 radical (unpaired) electrons. The number of nitrogens with two attached hydrogens (primary N) is 2. The first-order chi connectivity index (χ1) is 7.85. The van der Waals surface area contributed by atoms with E-state index in [0.29, 0.717) is 5.56 Å². The lowest BCUT2D eigenvalue weighted by Crippen LogP contribution is -2.54. The number of hydrogen-bond donors (Lipinski definition) is 3. The summed E-state index contributed by atoms with van der Waals surface area (Å²) in [5, 5.41) is 2.48. The molecular weight excluding hydrogens is 218 g/mol. The second-order valence-electron chi connectivity index (χ2n) is 4.17. The molecule has 1 rings (SSSR count). The summed E-state index contributed by atoms with van der Waals surface area (Å²) in [6.07, 6.45) is 0. The molecule has 0 spiro atoms. The Kier molecular flexibility index (Phi) is 3.85. The van der Waals surface area contributed by atoms with Crippen molar-refractivity contribution in [3.63, 3.8) is 0 Å². The highest BCUT2D eigenvalue weighted by atomic mass is 16.2. The average Bonchev–Trinajstić information content (AvgIpc) is 2.29. The van der Waals surface area contributed by atoms with Crippen molar-refractivity contribution in [1.82, 2.24) is 5.32 Å². The van der Waals surface area contributed by atoms with Gasteiger partial charge in [0.15, 0.2) is 0 Å². The topological polar surface area (TPSA) is 98.2 Å². The summed E-state index contributed by atoms with van der Waals surface area (Å²) < 4.78 is 0. The summed E-state index contributed by atoms with van der Waals surface area (Å²) in [5.74, 6) is -1.03. The molecule has 0 aliphatic carbocycles. The number of amides is 2. The maximum absolute atomic E-state index is 11.9. The Balaban J connectivity index is 2.84. The molecule has 0 heterocycles. The van der Waals surface area contributed by atoms with Crippen molar-refractivity contribution < 1.29 is 9.59 Å². The van der Waals surface area contributed by atoms with E-state index >= 15 is 0 Å². The van der Waals surface area contributed by atoms with Crippen molar-refractivity contribution in [2.75, 3.05) is 0 Å². The Morgan fingerprint density at radius 3 is 2.29 bits per heavy atom. The van der Waals surface area contributed by atoms with E-state index in [1.54, 1.807) is 31.2 Å². The minimum absolute atomic E-state index is 0.435. The second kappa shape index (κ2) is 4.97. The second-order valence-corrected chi connectivity index (χ2v) is 4.17. The maximum Gasteiger partial charge on any atom is 0.245 e. The van der Waals surface area contributed by atoms with Gasteiger partial charge in [0.25, 0.3) is 0 Å². The van der Waals surface area contributed by atoms with Crippen LogP contribution in [0.15, 0.2) is 30.3 Å². The molecule has 2 unspecified atom stereocenters. The average molecular weight is 235 g/mol. The van der Waals surface area contributed by atoms with Crippen molar-refractivity contribution in [1.29, 1.82) is 0 Å². The van der Waals surface area contributed by atoms with Crippen LogP contribution in [0.4, 0.5) is 0 Å². The first kappa shape index (κ1) is 13.2. The van der Waals surface area contributed by atoms with Gasteiger partial charge >= 0.3 is 0 Å². The van der Waals surface area contributed by atoms with E-state index in [-0.39, 0.29) is 0 Å². The fourth-order valence-electron chi connectivity index (χ4n) is 1.33. The summed E-state index contributed by atoms with van der Waals surface area (Å²) in [6, 6.07) is 8.21. The van der Waals surface area contributed by atoms with Crippen LogP contribution >= 0.6 is 0 Å². The van der Waals surface area contributed by atoms with E-state index in [4.69, 9.17) is 11.5 Å². The number of nitrogens with one attached hydrogen (secondary N) is 1. The van der Waals surface area contributed by atoms with Crippen LogP contribution in [0.3, 0.4) is 0 Å². The molecule has 0 bridgehead atoms. The molecule has 92 valence electrons. The minimum atomic E-state index is -1.19. The first-order valence-electron chi connectivity index (χ1n) is 5.30. The lowest BCUT2D eigenvalue weighted by molar-refractivity contribution is -0.130. The smallest absolute Gasteiger partial charge is 0.245 e. The van der Waals surface area contributed by atoms with E-state index in [9.17, 15) is 9.59 Å². The van der Waals surface area contributed by atoms with Crippen LogP contribution in [0.25, 0.3) is 0 Å². The summed E-state index contributed by atoms with van der Waals surface area (Å²) >= 11 is 0. The fourth-order valence-corrected chi connectivity index (χ4v) is 1.33. The molecule has 1 aromatic rings. The zero-order chi connectivity index (χ0) is 13.1. The molecule has 0 fully saturated rings. The van der Waals surface area contributed by atoms with Crippen molar-refractivity contribution in [2.24, 2.45) is 11.5 Å². The molecular formula is C12H17N3O2. The number of primary amides is 1. The van der Waals surface area contributed by atoms with Gasteiger partial charge in [-0.15, -0.1) is 0 Å². The van der Waals surface area contributed by atoms with Crippen molar-refractivity contribution in [3.8, 4) is 0 Å². The van der Waals surface area contributed by atoms with Gasteiger partial charge in [0.05, 0.1) is 0 Å². The quantitative estimate of drug-likeness (QED) is 0.677. The summed E-state index contributed by atoms with van der Waals surface area (Å²) in [4.78, 5) is 22.8. The molecule has 5 nitrogen and oxygen atoms in total. The zero-order valence-electron chi connectivity index (χ0n) is 9.94. The summed E-state index contributed by atoms with van der Waals surface area (Å²) in [7, 11) is 0. The Labute approximate surface area is 100 Å². The fraction of sp³-hybridized carbons (Fsp3) is 0.333. The van der Waals surface area contributed by atoms with Gasteiger partial charge in [-0.1, -0.05) is 30.3 Å². The Hall–Kier alpha value is -1.88. The Morgan fingerprint density at radius 1 is 1.29 bits per heavy atom. The lowest BCUT2D eigenvalue weighted by atomic mass is 9.92. The van der Waals surface area contributed by atoms with Crippen LogP contribution in [0.5, 0.6) is 0 Å². The highest BCUT2D eigenvalue weighted by Crippen LogP contribution is 2.17. The maximum atomic E-state index is 11.9. The van der Waals surface area contributed by atoms with Gasteiger partial charge in [-0.05, 0) is 19.4 Å². The molecule has 2 amide bonds. The molecule has 0 aromatic heterocycles. The molecule has 1 aromatic carbocycles. The van der Waals surface area contributed by atoms with Gasteiger partial charge in [-0.2, -0.15) is 0 Å². The van der Waals surface area contributed by atoms with Gasteiger partial charge in [0.1, 0.15) is 11.6 Å². The Morgan fingerprint density at radius 2 is 1.82 bits per heavy atom. The monoisotopic (exact) mass is 235 g/mol. The predicted molar refractivity (Wildman–Crippen MR) is 64.8 cm³/mol. The van der Waals surface area contributed by atoms with Crippen LogP contribution < -0.4 is 16.8 Å². The van der Waals surface area contributed by atoms with Gasteiger partial charge in [-0.25, -0.2) is 0 Å².